The van der Waals surface area contributed by atoms with Gasteiger partial charge in [0.15, 0.2) is 5.78 Å². The molecule has 0 fully saturated rings. The molecule has 0 aliphatic carbocycles. The third-order valence-electron chi connectivity index (χ3n) is 6.38. The lowest BCUT2D eigenvalue weighted by atomic mass is 10.0. The summed E-state index contributed by atoms with van der Waals surface area (Å²) in [5, 5.41) is 0. The zero-order chi connectivity index (χ0) is 22.4. The van der Waals surface area contributed by atoms with Crippen LogP contribution in [0.1, 0.15) is 140 Å². The molecule has 0 aliphatic rings. The van der Waals surface area contributed by atoms with Crippen molar-refractivity contribution in [1.29, 1.82) is 0 Å². The Morgan fingerprint density at radius 2 is 1.13 bits per heavy atom. The number of Topliss-reactive ketones (excluding diaryl/α,β-unsaturated/α-hetero) is 1. The average Bonchev–Trinajstić information content (AvgIpc) is 2.81. The third kappa shape index (κ3) is 16.2. The number of carbonyl (C=O) groups is 1. The van der Waals surface area contributed by atoms with Crippen molar-refractivity contribution < 1.29 is 9.53 Å². The van der Waals surface area contributed by atoms with Gasteiger partial charge < -0.3 is 4.74 Å². The van der Waals surface area contributed by atoms with Crippen LogP contribution in [-0.2, 0) is 4.74 Å². The number of ether oxygens (including phenoxy) is 1. The van der Waals surface area contributed by atoms with Gasteiger partial charge in [-0.15, -0.1) is 0 Å². The van der Waals surface area contributed by atoms with Gasteiger partial charge in [0, 0.05) is 5.56 Å². The zero-order valence-electron chi connectivity index (χ0n) is 20.7. The summed E-state index contributed by atoms with van der Waals surface area (Å²) < 4.78 is 5.88. The Hall–Kier alpha value is -1.15. The maximum Gasteiger partial charge on any atom is 0.188 e. The fraction of sp³-hybridized carbons (Fsp3) is 0.759. The number of rotatable bonds is 22. The summed E-state index contributed by atoms with van der Waals surface area (Å²) in [5.74, 6) is 0.0889. The maximum absolute atomic E-state index is 12.2. The molecule has 0 N–H and O–H groups in total. The van der Waals surface area contributed by atoms with Gasteiger partial charge in [-0.3, -0.25) is 4.79 Å². The molecule has 0 aliphatic heterocycles. The molecule has 1 aromatic carbocycles. The number of benzene rings is 1. The fourth-order valence-corrected chi connectivity index (χ4v) is 4.23. The average molecular weight is 431 g/mol. The Bertz CT molecular complexity index is 511. The van der Waals surface area contributed by atoms with Crippen molar-refractivity contribution in [2.24, 2.45) is 0 Å². The van der Waals surface area contributed by atoms with Crippen LogP contribution in [0.2, 0.25) is 0 Å². The Morgan fingerprint density at radius 3 is 1.58 bits per heavy atom. The van der Waals surface area contributed by atoms with Gasteiger partial charge in [-0.25, -0.2) is 0 Å². The predicted octanol–water partition coefficient (Wildman–Crippen LogP) is 9.32. The molecule has 31 heavy (non-hydrogen) atoms. The van der Waals surface area contributed by atoms with Gasteiger partial charge >= 0.3 is 0 Å². The molecule has 2 nitrogen and oxygen atoms in total. The molecular weight excluding hydrogens is 380 g/mol. The highest BCUT2D eigenvalue weighted by molar-refractivity contribution is 5.96. The minimum Gasteiger partial charge on any atom is -0.370 e. The second kappa shape index (κ2) is 20.7. The first-order chi connectivity index (χ1) is 15.3. The Kier molecular flexibility index (Phi) is 18.7. The topological polar surface area (TPSA) is 26.3 Å². The van der Waals surface area contributed by atoms with Crippen molar-refractivity contribution in [3.8, 4) is 0 Å². The number of ketones is 1. The van der Waals surface area contributed by atoms with E-state index >= 15 is 0 Å². The van der Waals surface area contributed by atoms with E-state index in [1.807, 2.05) is 30.3 Å². The van der Waals surface area contributed by atoms with E-state index in [4.69, 9.17) is 4.74 Å². The lowest BCUT2D eigenvalue weighted by Gasteiger charge is -2.15. The molecule has 0 aromatic heterocycles. The molecule has 1 rings (SSSR count). The van der Waals surface area contributed by atoms with Crippen molar-refractivity contribution in [2.75, 3.05) is 6.61 Å². The van der Waals surface area contributed by atoms with Gasteiger partial charge in [-0.2, -0.15) is 0 Å². The van der Waals surface area contributed by atoms with Crippen molar-refractivity contribution in [3.05, 3.63) is 35.9 Å². The van der Waals surface area contributed by atoms with Crippen LogP contribution in [0.4, 0.5) is 0 Å². The van der Waals surface area contributed by atoms with Crippen molar-refractivity contribution in [3.63, 3.8) is 0 Å². The Morgan fingerprint density at radius 1 is 0.677 bits per heavy atom. The standard InChI is InChI=1S/C29H50O2/c1-3-5-6-7-8-9-10-11-12-13-14-15-16-17-18-22-25-28(4-2)31-26-29(30)27-23-20-19-21-24-27/h19-21,23-24,28H,3-18,22,25-26H2,1-2H3. The van der Waals surface area contributed by atoms with Gasteiger partial charge in [0.25, 0.3) is 0 Å². The van der Waals surface area contributed by atoms with E-state index in [0.717, 1.165) is 18.4 Å². The second-order valence-corrected chi connectivity index (χ2v) is 9.22. The molecule has 0 radical (unpaired) electrons. The van der Waals surface area contributed by atoms with E-state index < -0.39 is 0 Å². The molecular formula is C29H50O2. The SMILES string of the molecule is CCCCCCCCCCCCCCCCCCC(CC)OCC(=O)c1ccccc1. The zero-order valence-corrected chi connectivity index (χ0v) is 20.7. The summed E-state index contributed by atoms with van der Waals surface area (Å²) in [6.45, 7) is 4.65. The number of unbranched alkanes of at least 4 members (excludes halogenated alkanes) is 15. The van der Waals surface area contributed by atoms with Gasteiger partial charge in [-0.05, 0) is 12.8 Å². The molecule has 0 spiro atoms. The smallest absolute Gasteiger partial charge is 0.188 e. The minimum absolute atomic E-state index is 0.0889. The summed E-state index contributed by atoms with van der Waals surface area (Å²) in [6, 6.07) is 9.47. The summed E-state index contributed by atoms with van der Waals surface area (Å²) in [4.78, 5) is 12.2. The molecule has 1 aromatic rings. The Balaban J connectivity index is 1.86. The molecule has 0 bridgehead atoms. The van der Waals surface area contributed by atoms with Crippen LogP contribution in [0.15, 0.2) is 30.3 Å². The number of carbonyl (C=O) groups excluding carboxylic acids is 1. The molecule has 0 amide bonds. The lowest BCUT2D eigenvalue weighted by molar-refractivity contribution is 0.0388. The molecule has 1 unspecified atom stereocenters. The van der Waals surface area contributed by atoms with Gasteiger partial charge in [0.05, 0.1) is 6.10 Å². The summed E-state index contributed by atoms with van der Waals surface area (Å²) >= 11 is 0. The summed E-state index contributed by atoms with van der Waals surface area (Å²) in [5.41, 5.74) is 0.750. The quantitative estimate of drug-likeness (QED) is 0.135. The van der Waals surface area contributed by atoms with E-state index in [1.54, 1.807) is 0 Å². The highest BCUT2D eigenvalue weighted by Gasteiger charge is 2.11. The molecule has 178 valence electrons. The third-order valence-corrected chi connectivity index (χ3v) is 6.38. The van der Waals surface area contributed by atoms with E-state index in [2.05, 4.69) is 13.8 Å². The van der Waals surface area contributed by atoms with Gasteiger partial charge in [0.2, 0.25) is 0 Å². The normalized spacial score (nSPS) is 12.2. The molecule has 0 saturated heterocycles. The van der Waals surface area contributed by atoms with Crippen molar-refractivity contribution >= 4 is 5.78 Å². The fourth-order valence-electron chi connectivity index (χ4n) is 4.23. The first-order valence-electron chi connectivity index (χ1n) is 13.5. The number of hydrogen-bond acceptors (Lipinski definition) is 2. The maximum atomic E-state index is 12.2. The lowest BCUT2D eigenvalue weighted by Crippen LogP contribution is -2.18. The summed E-state index contributed by atoms with van der Waals surface area (Å²) in [7, 11) is 0. The first kappa shape index (κ1) is 27.9. The van der Waals surface area contributed by atoms with Crippen LogP contribution < -0.4 is 0 Å². The highest BCUT2D eigenvalue weighted by atomic mass is 16.5. The minimum atomic E-state index is 0.0889. The van der Waals surface area contributed by atoms with Crippen LogP contribution in [0, 0.1) is 0 Å². The van der Waals surface area contributed by atoms with Gasteiger partial charge in [-0.1, -0.05) is 147 Å². The Labute approximate surface area is 193 Å². The summed E-state index contributed by atoms with van der Waals surface area (Å²) in [6.07, 6.45) is 24.7. The number of hydrogen-bond donors (Lipinski definition) is 0. The second-order valence-electron chi connectivity index (χ2n) is 9.22. The van der Waals surface area contributed by atoms with Crippen molar-refractivity contribution in [1.82, 2.24) is 0 Å². The predicted molar refractivity (Wildman–Crippen MR) is 135 cm³/mol. The molecule has 2 heteroatoms. The first-order valence-corrected chi connectivity index (χ1v) is 13.5. The van der Waals surface area contributed by atoms with Crippen LogP contribution >= 0.6 is 0 Å². The van der Waals surface area contributed by atoms with Crippen LogP contribution in [0.3, 0.4) is 0 Å². The van der Waals surface area contributed by atoms with Crippen LogP contribution in [0.5, 0.6) is 0 Å². The molecule has 1 atom stereocenters. The van der Waals surface area contributed by atoms with Gasteiger partial charge in [0.1, 0.15) is 6.61 Å². The van der Waals surface area contributed by atoms with E-state index in [-0.39, 0.29) is 18.5 Å². The van der Waals surface area contributed by atoms with Crippen LogP contribution in [-0.4, -0.2) is 18.5 Å². The molecule has 0 saturated carbocycles. The van der Waals surface area contributed by atoms with E-state index in [0.29, 0.717) is 0 Å². The van der Waals surface area contributed by atoms with E-state index in [9.17, 15) is 4.79 Å². The highest BCUT2D eigenvalue weighted by Crippen LogP contribution is 2.16. The van der Waals surface area contributed by atoms with Crippen LogP contribution in [0.25, 0.3) is 0 Å². The van der Waals surface area contributed by atoms with E-state index in [1.165, 1.54) is 103 Å². The largest absolute Gasteiger partial charge is 0.370 e. The monoisotopic (exact) mass is 430 g/mol. The molecule has 0 heterocycles. The van der Waals surface area contributed by atoms with Crippen molar-refractivity contribution in [2.45, 2.75) is 136 Å².